The van der Waals surface area contributed by atoms with Crippen LogP contribution in [0, 0.1) is 0 Å². The normalized spacial score (nSPS) is 12.1. The Bertz CT molecular complexity index is 520. The average molecular weight is 244 g/mol. The molecule has 0 saturated carbocycles. The van der Waals surface area contributed by atoms with E-state index in [0.29, 0.717) is 6.42 Å². The summed E-state index contributed by atoms with van der Waals surface area (Å²) in [5.74, 6) is -0.0771. The fourth-order valence-electron chi connectivity index (χ4n) is 1.69. The molecule has 18 heavy (non-hydrogen) atoms. The summed E-state index contributed by atoms with van der Waals surface area (Å²) in [5, 5.41) is 9.61. The van der Waals surface area contributed by atoms with Crippen molar-refractivity contribution in [1.29, 1.82) is 0 Å². The van der Waals surface area contributed by atoms with Gasteiger partial charge in [0.15, 0.2) is 0 Å². The molecule has 5 nitrogen and oxygen atoms in total. The van der Waals surface area contributed by atoms with Crippen LogP contribution in [-0.2, 0) is 4.79 Å². The van der Waals surface area contributed by atoms with E-state index in [9.17, 15) is 4.79 Å². The Morgan fingerprint density at radius 3 is 3.00 bits per heavy atom. The van der Waals surface area contributed by atoms with Crippen molar-refractivity contribution in [2.45, 2.75) is 19.4 Å². The smallest absolute Gasteiger partial charge is 0.225 e. The maximum atomic E-state index is 11.6. The molecule has 1 unspecified atom stereocenters. The summed E-state index contributed by atoms with van der Waals surface area (Å²) in [6.07, 6.45) is 2.00. The van der Waals surface area contributed by atoms with Gasteiger partial charge in [-0.05, 0) is 25.1 Å². The molecular weight excluding hydrogens is 228 g/mol. The van der Waals surface area contributed by atoms with Gasteiger partial charge in [0, 0.05) is 29.9 Å². The Balaban J connectivity index is 2.11. The number of nitrogens with one attached hydrogen (secondary N) is 2. The highest BCUT2D eigenvalue weighted by molar-refractivity contribution is 5.91. The number of aromatic nitrogens is 2. The van der Waals surface area contributed by atoms with Gasteiger partial charge in [-0.3, -0.25) is 9.89 Å². The molecular formula is C13H16N4O. The number of nitrogens with two attached hydrogens (primary N) is 1. The Hall–Kier alpha value is -2.14. The lowest BCUT2D eigenvalue weighted by Gasteiger charge is -2.08. The quantitative estimate of drug-likeness (QED) is 0.766. The molecule has 1 amide bonds. The third kappa shape index (κ3) is 3.18. The van der Waals surface area contributed by atoms with E-state index in [1.165, 1.54) is 0 Å². The molecule has 0 aliphatic rings. The Morgan fingerprint density at radius 2 is 2.33 bits per heavy atom. The Morgan fingerprint density at radius 1 is 1.50 bits per heavy atom. The number of nitrogens with zero attached hydrogens (tertiary/aromatic N) is 1. The van der Waals surface area contributed by atoms with Crippen LogP contribution in [0.25, 0.3) is 11.3 Å². The molecule has 5 heteroatoms. The topological polar surface area (TPSA) is 83.8 Å². The SMILES string of the molecule is CC(N)CC(=O)Nc1cccc(-c2ccn[nH]2)c1. The van der Waals surface area contributed by atoms with Crippen molar-refractivity contribution in [1.82, 2.24) is 10.2 Å². The number of hydrogen-bond donors (Lipinski definition) is 3. The van der Waals surface area contributed by atoms with Gasteiger partial charge in [0.25, 0.3) is 0 Å². The van der Waals surface area contributed by atoms with Crippen LogP contribution in [0.1, 0.15) is 13.3 Å². The van der Waals surface area contributed by atoms with Crippen LogP contribution in [0.15, 0.2) is 36.5 Å². The number of rotatable bonds is 4. The lowest BCUT2D eigenvalue weighted by atomic mass is 10.1. The van der Waals surface area contributed by atoms with Crippen molar-refractivity contribution < 1.29 is 4.79 Å². The van der Waals surface area contributed by atoms with Crippen molar-refractivity contribution >= 4 is 11.6 Å². The van der Waals surface area contributed by atoms with Crippen LogP contribution in [-0.4, -0.2) is 22.1 Å². The standard InChI is InChI=1S/C13H16N4O/c1-9(14)7-13(18)16-11-4-2-3-10(8-11)12-5-6-15-17-12/h2-6,8-9H,7,14H2,1H3,(H,15,17)(H,16,18). The molecule has 0 aliphatic heterocycles. The molecule has 0 fully saturated rings. The van der Waals surface area contributed by atoms with Crippen LogP contribution >= 0.6 is 0 Å². The maximum Gasteiger partial charge on any atom is 0.225 e. The molecule has 0 saturated heterocycles. The number of carbonyl (C=O) groups is 1. The van der Waals surface area contributed by atoms with E-state index in [0.717, 1.165) is 16.9 Å². The molecule has 0 radical (unpaired) electrons. The number of aromatic amines is 1. The largest absolute Gasteiger partial charge is 0.327 e. The monoisotopic (exact) mass is 244 g/mol. The van der Waals surface area contributed by atoms with Crippen LogP contribution < -0.4 is 11.1 Å². The second-order valence-electron chi connectivity index (χ2n) is 4.28. The molecule has 1 aromatic heterocycles. The van der Waals surface area contributed by atoms with Gasteiger partial charge >= 0.3 is 0 Å². The fourth-order valence-corrected chi connectivity index (χ4v) is 1.69. The molecule has 0 bridgehead atoms. The minimum atomic E-state index is -0.138. The van der Waals surface area contributed by atoms with Crippen LogP contribution in [0.3, 0.4) is 0 Å². The van der Waals surface area contributed by atoms with E-state index in [2.05, 4.69) is 15.5 Å². The Labute approximate surface area is 105 Å². The summed E-state index contributed by atoms with van der Waals surface area (Å²) in [6, 6.07) is 9.32. The molecule has 94 valence electrons. The molecule has 4 N–H and O–H groups in total. The van der Waals surface area contributed by atoms with E-state index < -0.39 is 0 Å². The molecule has 2 rings (SSSR count). The first kappa shape index (κ1) is 12.3. The van der Waals surface area contributed by atoms with Crippen molar-refractivity contribution in [2.75, 3.05) is 5.32 Å². The highest BCUT2D eigenvalue weighted by Crippen LogP contribution is 2.20. The van der Waals surface area contributed by atoms with E-state index in [-0.39, 0.29) is 11.9 Å². The summed E-state index contributed by atoms with van der Waals surface area (Å²) in [4.78, 5) is 11.6. The van der Waals surface area contributed by atoms with Gasteiger partial charge in [-0.1, -0.05) is 12.1 Å². The number of hydrogen-bond acceptors (Lipinski definition) is 3. The molecule has 1 atom stereocenters. The number of anilines is 1. The summed E-state index contributed by atoms with van der Waals surface area (Å²) >= 11 is 0. The van der Waals surface area contributed by atoms with E-state index in [1.807, 2.05) is 30.3 Å². The fraction of sp³-hybridized carbons (Fsp3) is 0.231. The third-order valence-electron chi connectivity index (χ3n) is 2.47. The Kier molecular flexibility index (Phi) is 3.74. The third-order valence-corrected chi connectivity index (χ3v) is 2.47. The zero-order valence-corrected chi connectivity index (χ0v) is 10.2. The summed E-state index contributed by atoms with van der Waals surface area (Å²) in [6.45, 7) is 1.81. The summed E-state index contributed by atoms with van der Waals surface area (Å²) < 4.78 is 0. The van der Waals surface area contributed by atoms with Gasteiger partial charge in [0.2, 0.25) is 5.91 Å². The predicted octanol–water partition coefficient (Wildman–Crippen LogP) is 1.75. The zero-order valence-electron chi connectivity index (χ0n) is 10.2. The second-order valence-corrected chi connectivity index (χ2v) is 4.28. The first-order chi connectivity index (χ1) is 8.65. The van der Waals surface area contributed by atoms with E-state index in [4.69, 9.17) is 5.73 Å². The predicted molar refractivity (Wildman–Crippen MR) is 70.9 cm³/mol. The number of benzene rings is 1. The number of carbonyl (C=O) groups excluding carboxylic acids is 1. The molecule has 1 aromatic carbocycles. The number of H-pyrrole nitrogens is 1. The molecule has 1 heterocycles. The molecule has 0 aliphatic carbocycles. The molecule has 0 spiro atoms. The highest BCUT2D eigenvalue weighted by Gasteiger charge is 2.06. The lowest BCUT2D eigenvalue weighted by molar-refractivity contribution is -0.116. The first-order valence-electron chi connectivity index (χ1n) is 5.80. The van der Waals surface area contributed by atoms with Crippen molar-refractivity contribution in [2.24, 2.45) is 5.73 Å². The first-order valence-corrected chi connectivity index (χ1v) is 5.80. The van der Waals surface area contributed by atoms with Gasteiger partial charge in [0.05, 0.1) is 5.69 Å². The van der Waals surface area contributed by atoms with Crippen molar-refractivity contribution in [3.8, 4) is 11.3 Å². The highest BCUT2D eigenvalue weighted by atomic mass is 16.1. The second kappa shape index (κ2) is 5.46. The summed E-state index contributed by atoms with van der Waals surface area (Å²) in [5.41, 5.74) is 8.23. The maximum absolute atomic E-state index is 11.6. The zero-order chi connectivity index (χ0) is 13.0. The van der Waals surface area contributed by atoms with Crippen LogP contribution in [0.4, 0.5) is 5.69 Å². The van der Waals surface area contributed by atoms with Crippen LogP contribution in [0.2, 0.25) is 0 Å². The lowest BCUT2D eigenvalue weighted by Crippen LogP contribution is -2.23. The van der Waals surface area contributed by atoms with Gasteiger partial charge in [-0.15, -0.1) is 0 Å². The van der Waals surface area contributed by atoms with Gasteiger partial charge in [-0.2, -0.15) is 5.10 Å². The van der Waals surface area contributed by atoms with Gasteiger partial charge in [0.1, 0.15) is 0 Å². The molecule has 2 aromatic rings. The van der Waals surface area contributed by atoms with Crippen LogP contribution in [0.5, 0.6) is 0 Å². The number of amides is 1. The van der Waals surface area contributed by atoms with Gasteiger partial charge in [-0.25, -0.2) is 0 Å². The minimum Gasteiger partial charge on any atom is -0.327 e. The average Bonchev–Trinajstić information content (AvgIpc) is 2.81. The van der Waals surface area contributed by atoms with Gasteiger partial charge < -0.3 is 11.1 Å². The van der Waals surface area contributed by atoms with Crippen molar-refractivity contribution in [3.63, 3.8) is 0 Å². The van der Waals surface area contributed by atoms with E-state index in [1.54, 1.807) is 13.1 Å². The van der Waals surface area contributed by atoms with Crippen molar-refractivity contribution in [3.05, 3.63) is 36.5 Å². The minimum absolute atomic E-state index is 0.0771. The summed E-state index contributed by atoms with van der Waals surface area (Å²) in [7, 11) is 0. The van der Waals surface area contributed by atoms with E-state index >= 15 is 0 Å².